The minimum absolute atomic E-state index is 0.105. The maximum absolute atomic E-state index is 13.5. The number of alkyl halides is 1. The van der Waals surface area contributed by atoms with Crippen LogP contribution in [-0.2, 0) is 4.79 Å². The number of aromatic nitrogens is 2. The van der Waals surface area contributed by atoms with Gasteiger partial charge in [-0.05, 0) is 50.0 Å². The minimum atomic E-state index is -0.401. The quantitative estimate of drug-likeness (QED) is 0.399. The van der Waals surface area contributed by atoms with E-state index in [1.807, 2.05) is 20.8 Å². The van der Waals surface area contributed by atoms with Gasteiger partial charge in [0.15, 0.2) is 0 Å². The Morgan fingerprint density at radius 3 is 2.30 bits per heavy atom. The van der Waals surface area contributed by atoms with Crippen LogP contribution >= 0.6 is 0 Å². The molecule has 1 heterocycles. The zero-order chi connectivity index (χ0) is 25.4. The van der Waals surface area contributed by atoms with Gasteiger partial charge < -0.3 is 10.6 Å². The SMILES string of the molecule is C/C=C\C/C(F)=C\CC(=O)Nc1cn[nH]c1C(=O)NC1CCC(C(C)(C)C)CC1.CC.CF. The molecule has 0 aromatic carbocycles. The fourth-order valence-electron chi connectivity index (χ4n) is 3.63. The summed E-state index contributed by atoms with van der Waals surface area (Å²) in [6.45, 7) is 12.6. The van der Waals surface area contributed by atoms with Crippen LogP contribution in [-0.4, -0.2) is 35.2 Å². The van der Waals surface area contributed by atoms with Crippen LogP contribution in [0.1, 0.15) is 90.6 Å². The molecule has 1 saturated carbocycles. The molecule has 0 saturated heterocycles. The number of H-pyrrole nitrogens is 1. The molecule has 1 aliphatic rings. The molecular formula is C25H42F2N4O2. The highest BCUT2D eigenvalue weighted by atomic mass is 19.1. The second kappa shape index (κ2) is 16.2. The Morgan fingerprint density at radius 2 is 1.76 bits per heavy atom. The van der Waals surface area contributed by atoms with Gasteiger partial charge in [0.05, 0.1) is 19.1 Å². The molecule has 3 N–H and O–H groups in total. The molecule has 0 bridgehead atoms. The van der Waals surface area contributed by atoms with Gasteiger partial charge >= 0.3 is 0 Å². The van der Waals surface area contributed by atoms with Gasteiger partial charge in [-0.1, -0.05) is 46.8 Å². The van der Waals surface area contributed by atoms with E-state index in [-0.39, 0.29) is 41.7 Å². The molecule has 1 aliphatic carbocycles. The van der Waals surface area contributed by atoms with Crippen LogP contribution in [0, 0.1) is 11.3 Å². The van der Waals surface area contributed by atoms with Gasteiger partial charge in [0.1, 0.15) is 11.5 Å². The van der Waals surface area contributed by atoms with E-state index in [0.29, 0.717) is 18.8 Å². The van der Waals surface area contributed by atoms with Gasteiger partial charge in [-0.2, -0.15) is 5.10 Å². The second-order valence-electron chi connectivity index (χ2n) is 8.72. The van der Waals surface area contributed by atoms with Crippen molar-refractivity contribution in [1.29, 1.82) is 0 Å². The zero-order valence-corrected chi connectivity index (χ0v) is 21.2. The smallest absolute Gasteiger partial charge is 0.271 e. The molecule has 188 valence electrons. The number of allylic oxidation sites excluding steroid dienone is 3. The second-order valence-corrected chi connectivity index (χ2v) is 8.72. The van der Waals surface area contributed by atoms with E-state index in [2.05, 4.69) is 41.6 Å². The third-order valence-corrected chi connectivity index (χ3v) is 5.49. The van der Waals surface area contributed by atoms with Crippen LogP contribution in [0.4, 0.5) is 14.5 Å². The Kier molecular flexibility index (Phi) is 14.9. The number of hydrogen-bond acceptors (Lipinski definition) is 3. The van der Waals surface area contributed by atoms with Crippen molar-refractivity contribution in [3.63, 3.8) is 0 Å². The Hall–Kier alpha value is -2.51. The Balaban J connectivity index is 0.00000242. The van der Waals surface area contributed by atoms with E-state index in [9.17, 15) is 18.4 Å². The van der Waals surface area contributed by atoms with Gasteiger partial charge in [-0.25, -0.2) is 4.39 Å². The summed E-state index contributed by atoms with van der Waals surface area (Å²) in [6, 6.07) is 0.122. The first-order chi connectivity index (χ1) is 15.7. The van der Waals surface area contributed by atoms with Crippen molar-refractivity contribution >= 4 is 17.5 Å². The van der Waals surface area contributed by atoms with Crippen LogP contribution in [0.25, 0.3) is 0 Å². The van der Waals surface area contributed by atoms with E-state index >= 15 is 0 Å². The van der Waals surface area contributed by atoms with Crippen molar-refractivity contribution in [2.45, 2.75) is 86.1 Å². The summed E-state index contributed by atoms with van der Waals surface area (Å²) in [6.07, 6.45) is 10.2. The van der Waals surface area contributed by atoms with Gasteiger partial charge in [-0.15, -0.1) is 0 Å². The van der Waals surface area contributed by atoms with E-state index in [1.54, 1.807) is 12.2 Å². The Labute approximate surface area is 197 Å². The summed E-state index contributed by atoms with van der Waals surface area (Å²) >= 11 is 0. The van der Waals surface area contributed by atoms with Crippen molar-refractivity contribution in [1.82, 2.24) is 15.5 Å². The number of carbonyl (C=O) groups is 2. The molecule has 8 heteroatoms. The van der Waals surface area contributed by atoms with E-state index in [1.165, 1.54) is 12.3 Å². The van der Waals surface area contributed by atoms with E-state index < -0.39 is 5.91 Å². The van der Waals surface area contributed by atoms with Gasteiger partial charge in [0.2, 0.25) is 5.91 Å². The summed E-state index contributed by atoms with van der Waals surface area (Å²) in [5.74, 6) is -0.387. The summed E-state index contributed by atoms with van der Waals surface area (Å²) < 4.78 is 23.0. The van der Waals surface area contributed by atoms with Gasteiger partial charge in [-0.3, -0.25) is 19.1 Å². The minimum Gasteiger partial charge on any atom is -0.348 e. The lowest BCUT2D eigenvalue weighted by molar-refractivity contribution is -0.115. The number of amides is 2. The number of aromatic amines is 1. The average molecular weight is 469 g/mol. The summed E-state index contributed by atoms with van der Waals surface area (Å²) in [5, 5.41) is 12.2. The molecule has 6 nitrogen and oxygen atoms in total. The van der Waals surface area contributed by atoms with Crippen LogP contribution in [0.2, 0.25) is 0 Å². The van der Waals surface area contributed by atoms with Gasteiger partial charge in [0.25, 0.3) is 5.91 Å². The largest absolute Gasteiger partial charge is 0.348 e. The average Bonchev–Trinajstić information content (AvgIpc) is 3.27. The number of rotatable bonds is 7. The summed E-state index contributed by atoms with van der Waals surface area (Å²) in [5.41, 5.74) is 0.809. The molecule has 2 rings (SSSR count). The fourth-order valence-corrected chi connectivity index (χ4v) is 3.63. The molecule has 33 heavy (non-hydrogen) atoms. The molecule has 0 radical (unpaired) electrons. The van der Waals surface area contributed by atoms with Crippen molar-refractivity contribution in [2.75, 3.05) is 12.5 Å². The van der Waals surface area contributed by atoms with Crippen molar-refractivity contribution in [3.05, 3.63) is 35.9 Å². The number of carbonyl (C=O) groups excluding carboxylic acids is 2. The molecule has 0 atom stereocenters. The molecular weight excluding hydrogens is 426 g/mol. The molecule has 0 spiro atoms. The van der Waals surface area contributed by atoms with Gasteiger partial charge in [0, 0.05) is 18.9 Å². The van der Waals surface area contributed by atoms with E-state index in [4.69, 9.17) is 0 Å². The summed E-state index contributed by atoms with van der Waals surface area (Å²) in [4.78, 5) is 24.7. The standard InChI is InChI=1S/C22H33FN4O2.C2H6.CH3F/c1-5-6-7-16(23)10-13-19(28)26-18-14-24-27-20(18)21(29)25-17-11-8-15(9-12-17)22(2,3)4;2*1-2/h5-6,10,14-15,17H,7-9,11-13H2,1-4H3,(H,24,27)(H,25,29)(H,26,28);1-2H3;1H3/b6-5-,16-10+;;. The third-order valence-electron chi connectivity index (χ3n) is 5.49. The van der Waals surface area contributed by atoms with Crippen molar-refractivity contribution in [2.24, 2.45) is 11.3 Å². The predicted octanol–water partition coefficient (Wildman–Crippen LogP) is 6.50. The first-order valence-electron chi connectivity index (χ1n) is 11.7. The summed E-state index contributed by atoms with van der Waals surface area (Å²) in [7, 11) is 0.500. The topological polar surface area (TPSA) is 86.9 Å². The molecule has 1 fully saturated rings. The molecule has 1 aromatic heterocycles. The monoisotopic (exact) mass is 468 g/mol. The number of nitrogens with one attached hydrogen (secondary N) is 3. The Morgan fingerprint density at radius 1 is 1.15 bits per heavy atom. The van der Waals surface area contributed by atoms with Crippen LogP contribution in [0.15, 0.2) is 30.3 Å². The van der Waals surface area contributed by atoms with Crippen LogP contribution in [0.3, 0.4) is 0 Å². The highest BCUT2D eigenvalue weighted by molar-refractivity contribution is 6.02. The lowest BCUT2D eigenvalue weighted by Gasteiger charge is -2.37. The highest BCUT2D eigenvalue weighted by Gasteiger charge is 2.30. The highest BCUT2D eigenvalue weighted by Crippen LogP contribution is 2.37. The fraction of sp³-hybridized carbons (Fsp3) is 0.640. The van der Waals surface area contributed by atoms with Crippen LogP contribution < -0.4 is 10.6 Å². The van der Waals surface area contributed by atoms with Crippen molar-refractivity contribution < 1.29 is 18.4 Å². The maximum atomic E-state index is 13.5. The molecule has 0 unspecified atom stereocenters. The third kappa shape index (κ3) is 11.3. The number of anilines is 1. The number of nitrogens with zero attached hydrogens (tertiary/aromatic N) is 1. The Bertz CT molecular complexity index is 759. The maximum Gasteiger partial charge on any atom is 0.271 e. The predicted molar refractivity (Wildman–Crippen MR) is 132 cm³/mol. The first-order valence-corrected chi connectivity index (χ1v) is 11.7. The molecule has 2 amide bonds. The van der Waals surface area contributed by atoms with Crippen molar-refractivity contribution in [3.8, 4) is 0 Å². The lowest BCUT2D eigenvalue weighted by atomic mass is 9.71. The molecule has 0 aliphatic heterocycles. The lowest BCUT2D eigenvalue weighted by Crippen LogP contribution is -2.39. The molecule has 1 aromatic rings. The van der Waals surface area contributed by atoms with E-state index in [0.717, 1.165) is 25.7 Å². The first kappa shape index (κ1) is 30.5. The normalized spacial score (nSPS) is 18.5. The number of halogens is 2. The number of hydrogen-bond donors (Lipinski definition) is 3. The zero-order valence-electron chi connectivity index (χ0n) is 21.2. The van der Waals surface area contributed by atoms with Crippen LogP contribution in [0.5, 0.6) is 0 Å².